The van der Waals surface area contributed by atoms with Crippen molar-refractivity contribution >= 4 is 28.9 Å². The fraction of sp³-hybridized carbons (Fsp3) is 0.167. The van der Waals surface area contributed by atoms with Crippen LogP contribution in [0.25, 0.3) is 6.08 Å². The number of amidine groups is 1. The molecule has 1 aliphatic heterocycles. The number of allylic oxidation sites excluding steroid dienone is 1. The molecule has 0 radical (unpaired) electrons. The lowest BCUT2D eigenvalue weighted by molar-refractivity contribution is -0.122. The number of thioether (sulfide) groups is 1. The molecule has 0 aliphatic carbocycles. The van der Waals surface area contributed by atoms with Crippen LogP contribution >= 0.6 is 11.8 Å². The molecule has 0 bridgehead atoms. The Hall–Kier alpha value is -4.55. The number of aliphatic imine (C=N–C) groups is 1. The highest BCUT2D eigenvalue weighted by atomic mass is 32.2. The summed E-state index contributed by atoms with van der Waals surface area (Å²) in [6, 6.07) is 32.3. The van der Waals surface area contributed by atoms with E-state index < -0.39 is 0 Å². The molecule has 0 spiro atoms. The molecular formula is C36H34N2O3S. The summed E-state index contributed by atoms with van der Waals surface area (Å²) in [6.45, 7) is 7.38. The number of amides is 1. The summed E-state index contributed by atoms with van der Waals surface area (Å²) in [5, 5.41) is 0.690. The lowest BCUT2D eigenvalue weighted by atomic mass is 10.0. The third kappa shape index (κ3) is 7.20. The van der Waals surface area contributed by atoms with Gasteiger partial charge >= 0.3 is 0 Å². The molecule has 1 fully saturated rings. The van der Waals surface area contributed by atoms with Crippen LogP contribution < -0.4 is 9.47 Å². The third-order valence-corrected chi connectivity index (χ3v) is 7.90. The highest BCUT2D eigenvalue weighted by molar-refractivity contribution is 8.18. The second kappa shape index (κ2) is 13.9. The number of carbonyl (C=O) groups is 1. The molecule has 1 saturated heterocycles. The zero-order valence-corrected chi connectivity index (χ0v) is 24.8. The highest BCUT2D eigenvalue weighted by Gasteiger charge is 2.33. The Morgan fingerprint density at radius 1 is 0.905 bits per heavy atom. The van der Waals surface area contributed by atoms with Crippen LogP contribution in [0.2, 0.25) is 0 Å². The SMILES string of the molecule is C=CCc1cc(/C=C2/SC(=NCc3ccccc3)N(Cc3ccccc3)C2=O)cc(OC)c1OCc1ccc(C)cc1. The van der Waals surface area contributed by atoms with E-state index >= 15 is 0 Å². The summed E-state index contributed by atoms with van der Waals surface area (Å²) in [4.78, 5) is 21.0. The molecule has 5 rings (SSSR count). The van der Waals surface area contributed by atoms with Crippen molar-refractivity contribution < 1.29 is 14.3 Å². The number of benzene rings is 4. The first kappa shape index (κ1) is 29.0. The number of rotatable bonds is 11. The minimum absolute atomic E-state index is 0.0698. The maximum atomic E-state index is 13.7. The molecule has 1 heterocycles. The molecule has 0 aromatic heterocycles. The molecule has 0 N–H and O–H groups in total. The van der Waals surface area contributed by atoms with Gasteiger partial charge in [-0.25, -0.2) is 0 Å². The van der Waals surface area contributed by atoms with E-state index in [-0.39, 0.29) is 5.91 Å². The number of methoxy groups -OCH3 is 1. The van der Waals surface area contributed by atoms with Gasteiger partial charge in [0, 0.05) is 5.56 Å². The Kier molecular flexibility index (Phi) is 9.57. The topological polar surface area (TPSA) is 51.1 Å². The van der Waals surface area contributed by atoms with Crippen LogP contribution in [-0.4, -0.2) is 23.1 Å². The van der Waals surface area contributed by atoms with Crippen LogP contribution in [0.5, 0.6) is 11.5 Å². The lowest BCUT2D eigenvalue weighted by Gasteiger charge is -2.16. The molecule has 212 valence electrons. The van der Waals surface area contributed by atoms with Crippen molar-refractivity contribution in [3.8, 4) is 11.5 Å². The van der Waals surface area contributed by atoms with Gasteiger partial charge in [0.15, 0.2) is 16.7 Å². The van der Waals surface area contributed by atoms with Gasteiger partial charge in [0.1, 0.15) is 6.61 Å². The minimum atomic E-state index is -0.0698. The maximum Gasteiger partial charge on any atom is 0.267 e. The Balaban J connectivity index is 1.44. The first-order chi connectivity index (χ1) is 20.5. The molecule has 1 aliphatic rings. The standard InChI is InChI=1S/C36H34N2O3S/c1-4-11-31-20-30(21-32(40-3)34(31)41-25-29-18-16-26(2)17-19-29)22-33-35(39)38(24-28-14-9-6-10-15-28)36(42-33)37-23-27-12-7-5-8-13-27/h4-10,12-22H,1,11,23-25H2,2-3H3/b33-22+,37-36?. The third-order valence-electron chi connectivity index (χ3n) is 6.85. The summed E-state index contributed by atoms with van der Waals surface area (Å²) < 4.78 is 12.0. The smallest absolute Gasteiger partial charge is 0.267 e. The van der Waals surface area contributed by atoms with Gasteiger partial charge in [0.05, 0.1) is 25.1 Å². The van der Waals surface area contributed by atoms with Crippen molar-refractivity contribution in [1.82, 2.24) is 4.90 Å². The zero-order valence-electron chi connectivity index (χ0n) is 24.0. The van der Waals surface area contributed by atoms with Crippen molar-refractivity contribution in [2.75, 3.05) is 7.11 Å². The van der Waals surface area contributed by atoms with Gasteiger partial charge < -0.3 is 9.47 Å². The zero-order chi connectivity index (χ0) is 29.3. The Bertz CT molecular complexity index is 1600. The Morgan fingerprint density at radius 3 is 2.26 bits per heavy atom. The van der Waals surface area contributed by atoms with Gasteiger partial charge in [-0.05, 0) is 65.6 Å². The molecule has 0 atom stereocenters. The van der Waals surface area contributed by atoms with Crippen molar-refractivity contribution in [3.63, 3.8) is 0 Å². The van der Waals surface area contributed by atoms with Gasteiger partial charge in [-0.3, -0.25) is 14.7 Å². The molecular weight excluding hydrogens is 540 g/mol. The molecule has 1 amide bonds. The highest BCUT2D eigenvalue weighted by Crippen LogP contribution is 2.38. The number of aryl methyl sites for hydroxylation is 1. The number of hydrogen-bond acceptors (Lipinski definition) is 5. The molecule has 4 aromatic carbocycles. The fourth-order valence-corrected chi connectivity index (χ4v) is 5.63. The van der Waals surface area contributed by atoms with Crippen LogP contribution in [0.4, 0.5) is 0 Å². The number of nitrogens with zero attached hydrogens (tertiary/aromatic N) is 2. The van der Waals surface area contributed by atoms with Gasteiger partial charge in [-0.1, -0.05) is 96.6 Å². The average Bonchev–Trinajstić information content (AvgIpc) is 3.30. The molecule has 42 heavy (non-hydrogen) atoms. The van der Waals surface area contributed by atoms with E-state index in [0.717, 1.165) is 27.8 Å². The minimum Gasteiger partial charge on any atom is -0.493 e. The lowest BCUT2D eigenvalue weighted by Crippen LogP contribution is -2.28. The van der Waals surface area contributed by atoms with E-state index in [4.69, 9.17) is 14.5 Å². The van der Waals surface area contributed by atoms with Crippen molar-refractivity contribution in [2.24, 2.45) is 4.99 Å². The van der Waals surface area contributed by atoms with Crippen molar-refractivity contribution in [2.45, 2.75) is 33.0 Å². The van der Waals surface area contributed by atoms with Crippen molar-refractivity contribution in [1.29, 1.82) is 0 Å². The normalized spacial score (nSPS) is 14.9. The first-order valence-electron chi connectivity index (χ1n) is 13.9. The summed E-state index contributed by atoms with van der Waals surface area (Å²) in [5.74, 6) is 1.23. The van der Waals surface area contributed by atoms with Crippen molar-refractivity contribution in [3.05, 3.63) is 148 Å². The van der Waals surface area contributed by atoms with E-state index in [0.29, 0.717) is 47.7 Å². The fourth-order valence-electron chi connectivity index (χ4n) is 4.65. The van der Waals surface area contributed by atoms with Crippen LogP contribution in [0.3, 0.4) is 0 Å². The summed E-state index contributed by atoms with van der Waals surface area (Å²) in [7, 11) is 1.63. The molecule has 0 saturated carbocycles. The summed E-state index contributed by atoms with van der Waals surface area (Å²) >= 11 is 1.40. The number of hydrogen-bond donors (Lipinski definition) is 0. The number of carbonyl (C=O) groups excluding carboxylic acids is 1. The second-order valence-electron chi connectivity index (χ2n) is 10.1. The summed E-state index contributed by atoms with van der Waals surface area (Å²) in [5.41, 5.74) is 6.22. The molecule has 0 unspecified atom stereocenters. The molecule has 6 heteroatoms. The Morgan fingerprint density at radius 2 is 1.60 bits per heavy atom. The first-order valence-corrected chi connectivity index (χ1v) is 14.7. The van der Waals surface area contributed by atoms with Gasteiger partial charge in [0.25, 0.3) is 5.91 Å². The van der Waals surface area contributed by atoms with Crippen LogP contribution in [0, 0.1) is 6.92 Å². The van der Waals surface area contributed by atoms with E-state index in [2.05, 4.69) is 37.8 Å². The van der Waals surface area contributed by atoms with E-state index in [9.17, 15) is 4.79 Å². The Labute approximate surface area is 252 Å². The molecule has 4 aromatic rings. The van der Waals surface area contributed by atoms with Crippen LogP contribution in [0.1, 0.15) is 33.4 Å². The van der Waals surface area contributed by atoms with E-state index in [1.165, 1.54) is 17.3 Å². The maximum absolute atomic E-state index is 13.7. The molecule has 5 nitrogen and oxygen atoms in total. The predicted octanol–water partition coefficient (Wildman–Crippen LogP) is 7.98. The van der Waals surface area contributed by atoms with Gasteiger partial charge in [0.2, 0.25) is 0 Å². The number of ether oxygens (including phenoxy) is 2. The van der Waals surface area contributed by atoms with Gasteiger partial charge in [-0.2, -0.15) is 0 Å². The summed E-state index contributed by atoms with van der Waals surface area (Å²) in [6.07, 6.45) is 4.35. The predicted molar refractivity (Wildman–Crippen MR) is 173 cm³/mol. The average molecular weight is 575 g/mol. The van der Waals surface area contributed by atoms with Crippen LogP contribution in [0.15, 0.2) is 120 Å². The quantitative estimate of drug-likeness (QED) is 0.135. The second-order valence-corrected chi connectivity index (χ2v) is 11.1. The monoisotopic (exact) mass is 574 g/mol. The van der Waals surface area contributed by atoms with E-state index in [1.54, 1.807) is 12.0 Å². The largest absolute Gasteiger partial charge is 0.493 e. The van der Waals surface area contributed by atoms with Gasteiger partial charge in [-0.15, -0.1) is 6.58 Å². The van der Waals surface area contributed by atoms with Crippen LogP contribution in [-0.2, 0) is 30.9 Å². The van der Waals surface area contributed by atoms with E-state index in [1.807, 2.05) is 84.9 Å².